The molecule has 1 aromatic rings. The lowest BCUT2D eigenvalue weighted by molar-refractivity contribution is -0.141. The van der Waals surface area contributed by atoms with Gasteiger partial charge in [0.2, 0.25) is 0 Å². The smallest absolute Gasteiger partial charge is 0.433 e. The summed E-state index contributed by atoms with van der Waals surface area (Å²) >= 11 is 0. The average molecular weight is 204 g/mol. The molecular weight excluding hydrogens is 197 g/mol. The van der Waals surface area contributed by atoms with Crippen LogP contribution in [0.15, 0.2) is 12.3 Å². The van der Waals surface area contributed by atoms with Crippen molar-refractivity contribution in [1.82, 2.24) is 4.98 Å². The minimum Gasteiger partial charge on any atom is -0.491 e. The highest BCUT2D eigenvalue weighted by atomic mass is 19.4. The van der Waals surface area contributed by atoms with Crippen LogP contribution in [-0.2, 0) is 6.18 Å². The second kappa shape index (κ2) is 2.84. The number of fused-ring (bicyclic) bond motifs is 1. The predicted octanol–water partition coefficient (Wildman–Crippen LogP) is 1.49. The lowest BCUT2D eigenvalue weighted by atomic mass is 10.1. The number of rotatable bonds is 0. The maximum atomic E-state index is 12.2. The lowest BCUT2D eigenvalue weighted by Gasteiger charge is -2.06. The maximum absolute atomic E-state index is 12.2. The first kappa shape index (κ1) is 9.26. The van der Waals surface area contributed by atoms with E-state index in [0.717, 1.165) is 12.3 Å². The molecule has 0 saturated heterocycles. The van der Waals surface area contributed by atoms with Crippen molar-refractivity contribution >= 4 is 0 Å². The molecule has 0 amide bonds. The van der Waals surface area contributed by atoms with E-state index in [1.807, 2.05) is 0 Å². The van der Waals surface area contributed by atoms with Crippen LogP contribution in [0, 0.1) is 0 Å². The molecule has 0 fully saturated rings. The molecule has 2 N–H and O–H groups in total. The number of nitrogens with zero attached hydrogens (tertiary/aromatic N) is 1. The van der Waals surface area contributed by atoms with Gasteiger partial charge in [0, 0.05) is 17.8 Å². The summed E-state index contributed by atoms with van der Waals surface area (Å²) in [6.45, 7) is 0.207. The zero-order valence-corrected chi connectivity index (χ0v) is 7.01. The average Bonchev–Trinajstić information content (AvgIpc) is 2.46. The van der Waals surface area contributed by atoms with Gasteiger partial charge in [-0.15, -0.1) is 0 Å². The molecule has 0 aliphatic carbocycles. The first-order valence-corrected chi connectivity index (χ1v) is 3.94. The van der Waals surface area contributed by atoms with Crippen LogP contribution < -0.4 is 10.5 Å². The van der Waals surface area contributed by atoms with Crippen LogP contribution in [0.4, 0.5) is 13.2 Å². The Bertz CT molecular complexity index is 364. The summed E-state index contributed by atoms with van der Waals surface area (Å²) in [5.41, 5.74) is 5.13. The Balaban J connectivity index is 2.42. The molecular formula is C8H7F3N2O. The van der Waals surface area contributed by atoms with Crippen molar-refractivity contribution in [1.29, 1.82) is 0 Å². The van der Waals surface area contributed by atoms with Crippen molar-refractivity contribution in [2.45, 2.75) is 12.2 Å². The molecule has 1 aliphatic heterocycles. The van der Waals surface area contributed by atoms with Gasteiger partial charge in [-0.2, -0.15) is 13.2 Å². The number of pyridine rings is 1. The van der Waals surface area contributed by atoms with Crippen molar-refractivity contribution in [3.05, 3.63) is 23.5 Å². The van der Waals surface area contributed by atoms with Gasteiger partial charge in [-0.1, -0.05) is 0 Å². The van der Waals surface area contributed by atoms with Crippen LogP contribution in [0.1, 0.15) is 17.3 Å². The Morgan fingerprint density at radius 2 is 2.21 bits per heavy atom. The third-order valence-electron chi connectivity index (χ3n) is 2.00. The Labute approximate surface area is 77.7 Å². The zero-order chi connectivity index (χ0) is 10.3. The molecule has 0 bridgehead atoms. The van der Waals surface area contributed by atoms with Crippen molar-refractivity contribution < 1.29 is 17.9 Å². The summed E-state index contributed by atoms with van der Waals surface area (Å²) in [7, 11) is 0. The zero-order valence-electron chi connectivity index (χ0n) is 7.01. The van der Waals surface area contributed by atoms with E-state index >= 15 is 0 Å². The maximum Gasteiger partial charge on any atom is 0.433 e. The predicted molar refractivity (Wildman–Crippen MR) is 41.7 cm³/mol. The normalized spacial score (nSPS) is 20.4. The summed E-state index contributed by atoms with van der Waals surface area (Å²) in [6, 6.07) is 0.502. The fourth-order valence-corrected chi connectivity index (χ4v) is 1.28. The van der Waals surface area contributed by atoms with Gasteiger partial charge in [-0.05, 0) is 0 Å². The summed E-state index contributed by atoms with van der Waals surface area (Å²) in [6.07, 6.45) is -3.32. The van der Waals surface area contributed by atoms with Crippen molar-refractivity contribution in [2.24, 2.45) is 5.73 Å². The highest BCUT2D eigenvalue weighted by Crippen LogP contribution is 2.35. The third-order valence-corrected chi connectivity index (χ3v) is 2.00. The Morgan fingerprint density at radius 1 is 1.50 bits per heavy atom. The third kappa shape index (κ3) is 1.41. The fourth-order valence-electron chi connectivity index (χ4n) is 1.28. The number of halogens is 3. The summed E-state index contributed by atoms with van der Waals surface area (Å²) in [5.74, 6) is 0.180. The van der Waals surface area contributed by atoms with Crippen molar-refractivity contribution in [2.75, 3.05) is 6.61 Å². The van der Waals surface area contributed by atoms with E-state index < -0.39 is 11.9 Å². The topological polar surface area (TPSA) is 48.1 Å². The summed E-state index contributed by atoms with van der Waals surface area (Å²) in [4.78, 5) is 3.29. The Hall–Kier alpha value is -1.30. The number of nitrogens with two attached hydrogens (primary N) is 1. The van der Waals surface area contributed by atoms with E-state index in [4.69, 9.17) is 10.5 Å². The van der Waals surface area contributed by atoms with Gasteiger partial charge in [-0.25, -0.2) is 0 Å². The van der Waals surface area contributed by atoms with Gasteiger partial charge in [0.25, 0.3) is 0 Å². The van der Waals surface area contributed by atoms with Crippen molar-refractivity contribution in [3.63, 3.8) is 0 Å². The van der Waals surface area contributed by atoms with Gasteiger partial charge < -0.3 is 10.5 Å². The van der Waals surface area contributed by atoms with Crippen LogP contribution in [0.25, 0.3) is 0 Å². The molecule has 3 nitrogen and oxygen atoms in total. The first-order chi connectivity index (χ1) is 6.48. The van der Waals surface area contributed by atoms with E-state index in [1.165, 1.54) is 0 Å². The summed E-state index contributed by atoms with van der Waals surface area (Å²) < 4.78 is 41.6. The monoisotopic (exact) mass is 204 g/mol. The molecule has 6 heteroatoms. The van der Waals surface area contributed by atoms with Gasteiger partial charge in [-0.3, -0.25) is 4.98 Å². The number of hydrogen-bond donors (Lipinski definition) is 1. The SMILES string of the molecule is NC1COc2cc(C(F)(F)F)ncc21. The second-order valence-electron chi connectivity index (χ2n) is 3.02. The van der Waals surface area contributed by atoms with E-state index in [9.17, 15) is 13.2 Å². The van der Waals surface area contributed by atoms with E-state index in [0.29, 0.717) is 5.56 Å². The van der Waals surface area contributed by atoms with Gasteiger partial charge in [0.15, 0.2) is 0 Å². The quantitative estimate of drug-likeness (QED) is 0.696. The van der Waals surface area contributed by atoms with E-state index in [1.54, 1.807) is 0 Å². The minimum atomic E-state index is -4.44. The number of alkyl halides is 3. The molecule has 1 aromatic heterocycles. The fraction of sp³-hybridized carbons (Fsp3) is 0.375. The van der Waals surface area contributed by atoms with Gasteiger partial charge >= 0.3 is 6.18 Å². The molecule has 0 spiro atoms. The molecule has 0 radical (unpaired) electrons. The molecule has 1 aliphatic rings. The molecule has 0 saturated carbocycles. The highest BCUT2D eigenvalue weighted by molar-refractivity contribution is 5.39. The molecule has 2 rings (SSSR count). The summed E-state index contributed by atoms with van der Waals surface area (Å²) in [5, 5.41) is 0. The van der Waals surface area contributed by atoms with Crippen LogP contribution in [0.3, 0.4) is 0 Å². The molecule has 76 valence electrons. The number of hydrogen-bond acceptors (Lipinski definition) is 3. The van der Waals surface area contributed by atoms with Gasteiger partial charge in [0.05, 0.1) is 6.04 Å². The Morgan fingerprint density at radius 3 is 2.86 bits per heavy atom. The van der Waals surface area contributed by atoms with Crippen LogP contribution >= 0.6 is 0 Å². The largest absolute Gasteiger partial charge is 0.491 e. The van der Waals surface area contributed by atoms with E-state index in [2.05, 4.69) is 4.98 Å². The second-order valence-corrected chi connectivity index (χ2v) is 3.02. The number of aromatic nitrogens is 1. The highest BCUT2D eigenvalue weighted by Gasteiger charge is 2.34. The van der Waals surface area contributed by atoms with Crippen molar-refractivity contribution in [3.8, 4) is 5.75 Å². The van der Waals surface area contributed by atoms with E-state index in [-0.39, 0.29) is 18.4 Å². The van der Waals surface area contributed by atoms with Gasteiger partial charge in [0.1, 0.15) is 18.1 Å². The molecule has 2 heterocycles. The molecule has 0 aromatic carbocycles. The molecule has 1 atom stereocenters. The lowest BCUT2D eigenvalue weighted by Crippen LogP contribution is -2.11. The van der Waals surface area contributed by atoms with Crippen LogP contribution in [0.5, 0.6) is 5.75 Å². The number of ether oxygens (including phenoxy) is 1. The molecule has 1 unspecified atom stereocenters. The standard InChI is InChI=1S/C8H7F3N2O/c9-8(10,11)7-1-6-4(2-13-7)5(12)3-14-6/h1-2,5H,3,12H2. The van der Waals surface area contributed by atoms with Crippen LogP contribution in [-0.4, -0.2) is 11.6 Å². The Kier molecular flexibility index (Phi) is 1.88. The molecule has 14 heavy (non-hydrogen) atoms. The first-order valence-electron chi connectivity index (χ1n) is 3.94. The minimum absolute atomic E-state index is 0.180. The van der Waals surface area contributed by atoms with Crippen LogP contribution in [0.2, 0.25) is 0 Å².